The number of carbonyl (C=O) groups excluding carboxylic acids is 4. The quantitative estimate of drug-likeness (QED) is 0.762. The summed E-state index contributed by atoms with van der Waals surface area (Å²) in [5.41, 5.74) is -0.426. The van der Waals surface area contributed by atoms with Crippen molar-refractivity contribution in [2.75, 3.05) is 0 Å². The number of fused-ring (bicyclic) bond motifs is 1. The van der Waals surface area contributed by atoms with Crippen LogP contribution >= 0.6 is 15.9 Å². The normalized spacial score (nSPS) is 21.6. The molecule has 0 radical (unpaired) electrons. The van der Waals surface area contributed by atoms with Gasteiger partial charge in [0.1, 0.15) is 6.04 Å². The van der Waals surface area contributed by atoms with E-state index in [4.69, 9.17) is 0 Å². The largest absolute Gasteiger partial charge is 0.295 e. The average Bonchev–Trinajstić information content (AvgIpc) is 2.67. The van der Waals surface area contributed by atoms with Crippen molar-refractivity contribution in [2.45, 2.75) is 18.9 Å². The van der Waals surface area contributed by atoms with Crippen molar-refractivity contribution in [3.05, 3.63) is 33.5 Å². The Bertz CT molecular complexity index is 718. The van der Waals surface area contributed by atoms with Crippen LogP contribution in [0.25, 0.3) is 0 Å². The van der Waals surface area contributed by atoms with Crippen molar-refractivity contribution < 1.29 is 23.6 Å². The minimum absolute atomic E-state index is 0.0238. The fourth-order valence-electron chi connectivity index (χ4n) is 2.49. The Morgan fingerprint density at radius 2 is 1.90 bits per heavy atom. The third kappa shape index (κ3) is 1.98. The Labute approximate surface area is 126 Å². The molecule has 3 rings (SSSR count). The molecule has 0 aromatic heterocycles. The van der Waals surface area contributed by atoms with E-state index >= 15 is 0 Å². The van der Waals surface area contributed by atoms with Crippen LogP contribution < -0.4 is 5.32 Å². The Hall–Kier alpha value is -2.09. The number of imide groups is 2. The maximum Gasteiger partial charge on any atom is 0.265 e. The molecule has 0 aliphatic carbocycles. The molecule has 4 amide bonds. The van der Waals surface area contributed by atoms with Crippen molar-refractivity contribution in [2.24, 2.45) is 0 Å². The number of halogens is 2. The first kappa shape index (κ1) is 13.9. The lowest BCUT2D eigenvalue weighted by molar-refractivity contribution is -0.136. The van der Waals surface area contributed by atoms with E-state index < -0.39 is 35.5 Å². The lowest BCUT2D eigenvalue weighted by Crippen LogP contribution is -2.54. The number of benzene rings is 1. The molecular formula is C13H8BrFN2O4. The maximum absolute atomic E-state index is 14.0. The van der Waals surface area contributed by atoms with E-state index in [0.29, 0.717) is 0 Å². The van der Waals surface area contributed by atoms with Crippen LogP contribution in [-0.2, 0) is 9.59 Å². The molecule has 8 heteroatoms. The standard InChI is InChI=1S/C13H8BrFN2O4/c14-6-2-1-5-9(10(6)15)13(21)17(12(5)20)7-3-4-8(18)16-11(7)19/h1-2,7H,3-4H2,(H,16,18,19). The highest BCUT2D eigenvalue weighted by molar-refractivity contribution is 9.10. The van der Waals surface area contributed by atoms with E-state index in [2.05, 4.69) is 21.2 Å². The number of piperidine rings is 1. The molecule has 0 saturated carbocycles. The zero-order valence-corrected chi connectivity index (χ0v) is 12.1. The molecule has 108 valence electrons. The van der Waals surface area contributed by atoms with Crippen LogP contribution in [0.4, 0.5) is 4.39 Å². The van der Waals surface area contributed by atoms with Crippen molar-refractivity contribution in [3.63, 3.8) is 0 Å². The average molecular weight is 355 g/mol. The van der Waals surface area contributed by atoms with Gasteiger partial charge in [-0.05, 0) is 34.5 Å². The van der Waals surface area contributed by atoms with Gasteiger partial charge >= 0.3 is 0 Å². The van der Waals surface area contributed by atoms with E-state index in [-0.39, 0.29) is 28.4 Å². The Morgan fingerprint density at radius 3 is 2.57 bits per heavy atom. The van der Waals surface area contributed by atoms with Crippen LogP contribution in [0, 0.1) is 5.82 Å². The van der Waals surface area contributed by atoms with E-state index in [9.17, 15) is 23.6 Å². The van der Waals surface area contributed by atoms with Crippen LogP contribution in [0.3, 0.4) is 0 Å². The van der Waals surface area contributed by atoms with Crippen LogP contribution in [0.5, 0.6) is 0 Å². The second kappa shape index (κ2) is 4.73. The topological polar surface area (TPSA) is 83.6 Å². The number of nitrogens with zero attached hydrogens (tertiary/aromatic N) is 1. The van der Waals surface area contributed by atoms with Crippen molar-refractivity contribution in [1.29, 1.82) is 0 Å². The third-order valence-corrected chi connectivity index (χ3v) is 4.11. The van der Waals surface area contributed by atoms with Gasteiger partial charge in [0.2, 0.25) is 11.8 Å². The summed E-state index contributed by atoms with van der Waals surface area (Å²) < 4.78 is 14.1. The van der Waals surface area contributed by atoms with Gasteiger partial charge in [-0.3, -0.25) is 29.4 Å². The molecule has 1 fully saturated rings. The van der Waals surface area contributed by atoms with Crippen molar-refractivity contribution in [3.8, 4) is 0 Å². The highest BCUT2D eigenvalue weighted by Gasteiger charge is 2.46. The summed E-state index contributed by atoms with van der Waals surface area (Å²) in [6.45, 7) is 0. The second-order valence-corrected chi connectivity index (χ2v) is 5.59. The van der Waals surface area contributed by atoms with E-state index in [1.54, 1.807) is 0 Å². The lowest BCUT2D eigenvalue weighted by atomic mass is 10.0. The first-order chi connectivity index (χ1) is 9.91. The number of hydrogen-bond acceptors (Lipinski definition) is 4. The molecule has 1 atom stereocenters. The van der Waals surface area contributed by atoms with E-state index in [1.807, 2.05) is 0 Å². The van der Waals surface area contributed by atoms with Gasteiger partial charge in [0.25, 0.3) is 11.8 Å². The first-order valence-corrected chi connectivity index (χ1v) is 6.90. The number of rotatable bonds is 1. The molecule has 6 nitrogen and oxygen atoms in total. The van der Waals surface area contributed by atoms with Crippen LogP contribution in [0.1, 0.15) is 33.6 Å². The van der Waals surface area contributed by atoms with Gasteiger partial charge in [0.15, 0.2) is 5.82 Å². The number of nitrogens with one attached hydrogen (secondary N) is 1. The van der Waals surface area contributed by atoms with Gasteiger partial charge in [-0.1, -0.05) is 0 Å². The second-order valence-electron chi connectivity index (χ2n) is 4.73. The minimum Gasteiger partial charge on any atom is -0.295 e. The Morgan fingerprint density at radius 1 is 1.19 bits per heavy atom. The molecule has 1 aromatic rings. The molecular weight excluding hydrogens is 347 g/mol. The summed E-state index contributed by atoms with van der Waals surface area (Å²) in [6, 6.07) is 1.57. The van der Waals surface area contributed by atoms with Gasteiger partial charge in [-0.2, -0.15) is 0 Å². The summed E-state index contributed by atoms with van der Waals surface area (Å²) in [4.78, 5) is 48.2. The summed E-state index contributed by atoms with van der Waals surface area (Å²) in [6.07, 6.45) is 0.0644. The smallest absolute Gasteiger partial charge is 0.265 e. The molecule has 2 aliphatic heterocycles. The van der Waals surface area contributed by atoms with Gasteiger partial charge in [0.05, 0.1) is 15.6 Å². The molecule has 2 aliphatic rings. The summed E-state index contributed by atoms with van der Waals surface area (Å²) in [5.74, 6) is -3.60. The van der Waals surface area contributed by atoms with Gasteiger partial charge in [0, 0.05) is 6.42 Å². The molecule has 1 saturated heterocycles. The monoisotopic (exact) mass is 354 g/mol. The molecule has 0 spiro atoms. The predicted octanol–water partition coefficient (Wildman–Crippen LogP) is 0.989. The molecule has 1 unspecified atom stereocenters. The van der Waals surface area contributed by atoms with Gasteiger partial charge in [-0.15, -0.1) is 0 Å². The highest BCUT2D eigenvalue weighted by atomic mass is 79.9. The number of amides is 4. The van der Waals surface area contributed by atoms with Gasteiger partial charge < -0.3 is 0 Å². The molecule has 1 aromatic carbocycles. The zero-order valence-electron chi connectivity index (χ0n) is 10.5. The predicted molar refractivity (Wildman–Crippen MR) is 70.8 cm³/mol. The summed E-state index contributed by atoms with van der Waals surface area (Å²) >= 11 is 2.95. The summed E-state index contributed by atoms with van der Waals surface area (Å²) in [5, 5.41) is 2.07. The highest BCUT2D eigenvalue weighted by Crippen LogP contribution is 2.32. The first-order valence-electron chi connectivity index (χ1n) is 6.11. The van der Waals surface area contributed by atoms with E-state index in [0.717, 1.165) is 4.90 Å². The Balaban J connectivity index is 2.02. The van der Waals surface area contributed by atoms with Crippen LogP contribution in [0.15, 0.2) is 16.6 Å². The summed E-state index contributed by atoms with van der Waals surface area (Å²) in [7, 11) is 0. The maximum atomic E-state index is 14.0. The fraction of sp³-hybridized carbons (Fsp3) is 0.231. The number of carbonyl (C=O) groups is 4. The fourth-order valence-corrected chi connectivity index (χ4v) is 2.82. The SMILES string of the molecule is O=C1CCC(N2C(=O)c3ccc(Br)c(F)c3C2=O)C(=O)N1. The van der Waals surface area contributed by atoms with Crippen molar-refractivity contribution >= 4 is 39.6 Å². The van der Waals surface area contributed by atoms with Gasteiger partial charge in [-0.25, -0.2) is 4.39 Å². The third-order valence-electron chi connectivity index (χ3n) is 3.50. The molecule has 2 heterocycles. The molecule has 1 N–H and O–H groups in total. The van der Waals surface area contributed by atoms with E-state index in [1.165, 1.54) is 12.1 Å². The Kier molecular flexibility index (Phi) is 3.12. The molecule has 0 bridgehead atoms. The van der Waals surface area contributed by atoms with Crippen LogP contribution in [0.2, 0.25) is 0 Å². The zero-order chi connectivity index (χ0) is 15.3. The van der Waals surface area contributed by atoms with Crippen molar-refractivity contribution in [1.82, 2.24) is 10.2 Å². The molecule has 21 heavy (non-hydrogen) atoms. The number of hydrogen-bond donors (Lipinski definition) is 1. The van der Waals surface area contributed by atoms with Crippen LogP contribution in [-0.4, -0.2) is 34.6 Å². The minimum atomic E-state index is -1.09. The lowest BCUT2D eigenvalue weighted by Gasteiger charge is -2.27.